The summed E-state index contributed by atoms with van der Waals surface area (Å²) >= 11 is 0. The molecule has 0 aromatic carbocycles. The standard InChI is InChI=1S/C14H25NO5/c1-13(2,3)20-12(18)15-7-5-14(10-16,6-8-15)9-11(17)19-4/h16H,5-10H2,1-4H3. The first-order valence-corrected chi connectivity index (χ1v) is 6.87. The summed E-state index contributed by atoms with van der Waals surface area (Å²) in [6.07, 6.45) is 0.972. The lowest BCUT2D eigenvalue weighted by molar-refractivity contribution is -0.145. The Hall–Kier alpha value is -1.30. The lowest BCUT2D eigenvalue weighted by Gasteiger charge is -2.40. The number of carbonyl (C=O) groups excluding carboxylic acids is 2. The number of methoxy groups -OCH3 is 1. The highest BCUT2D eigenvalue weighted by Crippen LogP contribution is 2.35. The Morgan fingerprint density at radius 2 is 1.80 bits per heavy atom. The Kier molecular flexibility index (Phi) is 5.39. The number of amides is 1. The van der Waals surface area contributed by atoms with Crippen LogP contribution in [0.1, 0.15) is 40.0 Å². The fourth-order valence-electron chi connectivity index (χ4n) is 2.26. The average Bonchev–Trinajstić information content (AvgIpc) is 2.37. The maximum Gasteiger partial charge on any atom is 0.410 e. The normalized spacial score (nSPS) is 18.6. The van der Waals surface area contributed by atoms with Gasteiger partial charge in [0.15, 0.2) is 0 Å². The van der Waals surface area contributed by atoms with Crippen molar-refractivity contribution >= 4 is 12.1 Å². The molecular formula is C14H25NO5. The number of hydrogen-bond acceptors (Lipinski definition) is 5. The van der Waals surface area contributed by atoms with Gasteiger partial charge in [0.1, 0.15) is 5.60 Å². The Morgan fingerprint density at radius 1 is 1.25 bits per heavy atom. The van der Waals surface area contributed by atoms with Crippen LogP contribution in [0.2, 0.25) is 0 Å². The largest absolute Gasteiger partial charge is 0.469 e. The zero-order chi connectivity index (χ0) is 15.4. The summed E-state index contributed by atoms with van der Waals surface area (Å²) in [5.74, 6) is -0.329. The number of rotatable bonds is 3. The van der Waals surface area contributed by atoms with Crippen molar-refractivity contribution < 1.29 is 24.2 Å². The molecule has 6 nitrogen and oxygen atoms in total. The number of aliphatic hydroxyl groups excluding tert-OH is 1. The van der Waals surface area contributed by atoms with Crippen molar-refractivity contribution in [1.82, 2.24) is 4.90 Å². The molecule has 0 aromatic heterocycles. The number of nitrogens with zero attached hydrogens (tertiary/aromatic N) is 1. The van der Waals surface area contributed by atoms with Gasteiger partial charge in [-0.15, -0.1) is 0 Å². The fraction of sp³-hybridized carbons (Fsp3) is 0.857. The SMILES string of the molecule is COC(=O)CC1(CO)CCN(C(=O)OC(C)(C)C)CC1. The summed E-state index contributed by atoms with van der Waals surface area (Å²) in [6, 6.07) is 0. The van der Waals surface area contributed by atoms with E-state index in [0.29, 0.717) is 25.9 Å². The van der Waals surface area contributed by atoms with E-state index < -0.39 is 11.0 Å². The molecule has 0 saturated carbocycles. The Labute approximate surface area is 120 Å². The topological polar surface area (TPSA) is 76.1 Å². The number of piperidine rings is 1. The van der Waals surface area contributed by atoms with Crippen molar-refractivity contribution in [2.24, 2.45) is 5.41 Å². The summed E-state index contributed by atoms with van der Waals surface area (Å²) in [5.41, 5.74) is -1.000. The third-order valence-corrected chi connectivity index (χ3v) is 3.56. The van der Waals surface area contributed by atoms with Crippen molar-refractivity contribution in [3.05, 3.63) is 0 Å². The van der Waals surface area contributed by atoms with Gasteiger partial charge in [0.2, 0.25) is 0 Å². The molecule has 1 aliphatic heterocycles. The van der Waals surface area contributed by atoms with Crippen LogP contribution in [0.25, 0.3) is 0 Å². The summed E-state index contributed by atoms with van der Waals surface area (Å²) in [7, 11) is 1.34. The molecule has 0 bridgehead atoms. The van der Waals surface area contributed by atoms with E-state index in [1.54, 1.807) is 4.90 Å². The van der Waals surface area contributed by atoms with Crippen LogP contribution in [0.3, 0.4) is 0 Å². The smallest absolute Gasteiger partial charge is 0.410 e. The molecule has 0 aromatic rings. The molecule has 20 heavy (non-hydrogen) atoms. The van der Waals surface area contributed by atoms with Gasteiger partial charge in [0.25, 0.3) is 0 Å². The highest BCUT2D eigenvalue weighted by Gasteiger charge is 2.38. The Balaban J connectivity index is 2.57. The minimum absolute atomic E-state index is 0.0791. The number of hydrogen-bond donors (Lipinski definition) is 1. The van der Waals surface area contributed by atoms with E-state index in [1.807, 2.05) is 20.8 Å². The molecule has 1 fully saturated rings. The van der Waals surface area contributed by atoms with E-state index in [0.717, 1.165) is 0 Å². The number of ether oxygens (including phenoxy) is 2. The third-order valence-electron chi connectivity index (χ3n) is 3.56. The van der Waals surface area contributed by atoms with Crippen LogP contribution in [0, 0.1) is 5.41 Å². The second-order valence-electron chi connectivity index (χ2n) is 6.38. The molecule has 0 aliphatic carbocycles. The zero-order valence-corrected chi connectivity index (χ0v) is 12.8. The van der Waals surface area contributed by atoms with Crippen molar-refractivity contribution in [3.8, 4) is 0 Å². The average molecular weight is 287 g/mol. The van der Waals surface area contributed by atoms with E-state index in [2.05, 4.69) is 4.74 Å². The molecule has 1 amide bonds. The number of esters is 1. The first-order valence-electron chi connectivity index (χ1n) is 6.87. The maximum absolute atomic E-state index is 11.9. The summed E-state index contributed by atoms with van der Waals surface area (Å²) in [4.78, 5) is 25.0. The summed E-state index contributed by atoms with van der Waals surface area (Å²) in [6.45, 7) is 6.35. The van der Waals surface area contributed by atoms with Gasteiger partial charge >= 0.3 is 12.1 Å². The van der Waals surface area contributed by atoms with Gasteiger partial charge in [-0.1, -0.05) is 0 Å². The Morgan fingerprint density at radius 3 is 2.20 bits per heavy atom. The van der Waals surface area contributed by atoms with E-state index in [4.69, 9.17) is 4.74 Å². The van der Waals surface area contributed by atoms with Crippen LogP contribution in [0.15, 0.2) is 0 Å². The number of likely N-dealkylation sites (tertiary alicyclic amines) is 1. The molecule has 1 rings (SSSR count). The quantitative estimate of drug-likeness (QED) is 0.797. The van der Waals surface area contributed by atoms with Gasteiger partial charge in [0.05, 0.1) is 13.5 Å². The zero-order valence-electron chi connectivity index (χ0n) is 12.8. The fourth-order valence-corrected chi connectivity index (χ4v) is 2.26. The van der Waals surface area contributed by atoms with Crippen molar-refractivity contribution in [3.63, 3.8) is 0 Å². The maximum atomic E-state index is 11.9. The molecule has 0 atom stereocenters. The highest BCUT2D eigenvalue weighted by molar-refractivity contribution is 5.70. The molecule has 0 spiro atoms. The van der Waals surface area contributed by atoms with Crippen molar-refractivity contribution in [2.75, 3.05) is 26.8 Å². The van der Waals surface area contributed by atoms with Crippen molar-refractivity contribution in [1.29, 1.82) is 0 Å². The molecule has 116 valence electrons. The lowest BCUT2D eigenvalue weighted by atomic mass is 9.76. The summed E-state index contributed by atoms with van der Waals surface area (Å²) < 4.78 is 9.98. The van der Waals surface area contributed by atoms with Crippen LogP contribution in [-0.4, -0.2) is 54.5 Å². The lowest BCUT2D eigenvalue weighted by Crippen LogP contribution is -2.47. The molecule has 1 N–H and O–H groups in total. The van der Waals surface area contributed by atoms with Gasteiger partial charge in [-0.3, -0.25) is 4.79 Å². The molecule has 6 heteroatoms. The van der Waals surface area contributed by atoms with E-state index in [1.165, 1.54) is 7.11 Å². The molecule has 1 heterocycles. The molecule has 1 aliphatic rings. The molecule has 0 unspecified atom stereocenters. The third kappa shape index (κ3) is 4.67. The molecule has 0 radical (unpaired) electrons. The second kappa shape index (κ2) is 6.43. The van der Waals surface area contributed by atoms with E-state index >= 15 is 0 Å². The van der Waals surface area contributed by atoms with Crippen LogP contribution in [0.5, 0.6) is 0 Å². The second-order valence-corrected chi connectivity index (χ2v) is 6.38. The predicted octanol–water partition coefficient (Wildman–Crippen LogP) is 1.56. The minimum atomic E-state index is -0.519. The highest BCUT2D eigenvalue weighted by atomic mass is 16.6. The molecule has 1 saturated heterocycles. The Bertz CT molecular complexity index is 353. The number of carbonyl (C=O) groups is 2. The first kappa shape index (κ1) is 16.8. The van der Waals surface area contributed by atoms with Gasteiger partial charge < -0.3 is 19.5 Å². The van der Waals surface area contributed by atoms with Gasteiger partial charge in [-0.25, -0.2) is 4.79 Å². The van der Waals surface area contributed by atoms with Gasteiger partial charge in [-0.2, -0.15) is 0 Å². The van der Waals surface area contributed by atoms with E-state index in [9.17, 15) is 14.7 Å². The number of aliphatic hydroxyl groups is 1. The monoisotopic (exact) mass is 287 g/mol. The van der Waals surface area contributed by atoms with Gasteiger partial charge in [-0.05, 0) is 33.6 Å². The minimum Gasteiger partial charge on any atom is -0.469 e. The first-order chi connectivity index (χ1) is 9.21. The van der Waals surface area contributed by atoms with Crippen LogP contribution in [0.4, 0.5) is 4.79 Å². The van der Waals surface area contributed by atoms with E-state index in [-0.39, 0.29) is 25.1 Å². The summed E-state index contributed by atoms with van der Waals surface area (Å²) in [5, 5.41) is 9.55. The van der Waals surface area contributed by atoms with Crippen molar-refractivity contribution in [2.45, 2.75) is 45.6 Å². The van der Waals surface area contributed by atoms with Crippen LogP contribution >= 0.6 is 0 Å². The van der Waals surface area contributed by atoms with Crippen LogP contribution in [-0.2, 0) is 14.3 Å². The molecular weight excluding hydrogens is 262 g/mol. The van der Waals surface area contributed by atoms with Gasteiger partial charge in [0, 0.05) is 25.1 Å². The van der Waals surface area contributed by atoms with Crippen LogP contribution < -0.4 is 0 Å². The predicted molar refractivity (Wildman–Crippen MR) is 73.2 cm³/mol.